The van der Waals surface area contributed by atoms with E-state index in [1.807, 2.05) is 6.92 Å². The quantitative estimate of drug-likeness (QED) is 0.225. The first kappa shape index (κ1) is 22.9. The zero-order chi connectivity index (χ0) is 16.5. The van der Waals surface area contributed by atoms with Crippen LogP contribution in [0.1, 0.15) is 39.5 Å². The molecule has 0 aromatic rings. The molecule has 6 nitrogen and oxygen atoms in total. The zero-order valence-electron chi connectivity index (χ0n) is 14.6. The van der Waals surface area contributed by atoms with Crippen LogP contribution < -0.4 is 10.6 Å². The first-order chi connectivity index (χ1) is 10.4. The Bertz CT molecular complexity index is 445. The number of aliphatic imine (C=N–C) groups is 1. The van der Waals surface area contributed by atoms with Gasteiger partial charge in [0.1, 0.15) is 9.84 Å². The fourth-order valence-corrected chi connectivity index (χ4v) is 2.86. The van der Waals surface area contributed by atoms with Crippen LogP contribution in [0.25, 0.3) is 0 Å². The van der Waals surface area contributed by atoms with Gasteiger partial charge in [-0.3, -0.25) is 4.99 Å². The van der Waals surface area contributed by atoms with Crippen LogP contribution >= 0.6 is 24.0 Å². The van der Waals surface area contributed by atoms with E-state index in [0.717, 1.165) is 19.0 Å². The summed E-state index contributed by atoms with van der Waals surface area (Å²) >= 11 is 0. The van der Waals surface area contributed by atoms with Crippen molar-refractivity contribution >= 4 is 39.8 Å². The van der Waals surface area contributed by atoms with Crippen LogP contribution in [0.4, 0.5) is 0 Å². The Morgan fingerprint density at radius 1 is 1.22 bits per heavy atom. The van der Waals surface area contributed by atoms with Gasteiger partial charge in [-0.15, -0.1) is 24.0 Å². The van der Waals surface area contributed by atoms with E-state index in [1.54, 1.807) is 0 Å². The summed E-state index contributed by atoms with van der Waals surface area (Å²) in [6.45, 7) is 7.30. The van der Waals surface area contributed by atoms with E-state index in [4.69, 9.17) is 4.74 Å². The highest BCUT2D eigenvalue weighted by Crippen LogP contribution is 2.43. The van der Waals surface area contributed by atoms with E-state index in [-0.39, 0.29) is 36.3 Å². The molecule has 0 spiro atoms. The van der Waals surface area contributed by atoms with Crippen LogP contribution in [-0.4, -0.2) is 59.2 Å². The molecule has 1 rings (SSSR count). The van der Waals surface area contributed by atoms with Crippen molar-refractivity contribution in [3.05, 3.63) is 0 Å². The van der Waals surface area contributed by atoms with Crippen LogP contribution in [0.2, 0.25) is 0 Å². The Morgan fingerprint density at radius 3 is 2.39 bits per heavy atom. The number of hydrogen-bond donors (Lipinski definition) is 2. The van der Waals surface area contributed by atoms with Gasteiger partial charge in [-0.05, 0) is 31.6 Å². The molecular weight excluding hydrogens is 429 g/mol. The van der Waals surface area contributed by atoms with Crippen molar-refractivity contribution in [3.63, 3.8) is 0 Å². The lowest BCUT2D eigenvalue weighted by Gasteiger charge is -2.40. The summed E-state index contributed by atoms with van der Waals surface area (Å²) in [7, 11) is -2.94. The van der Waals surface area contributed by atoms with Crippen LogP contribution in [0.3, 0.4) is 0 Å². The van der Waals surface area contributed by atoms with Crippen molar-refractivity contribution in [2.75, 3.05) is 44.9 Å². The monoisotopic (exact) mass is 461 g/mol. The molecule has 1 aliphatic rings. The summed E-state index contributed by atoms with van der Waals surface area (Å²) < 4.78 is 27.3. The number of hydrogen-bond acceptors (Lipinski definition) is 4. The van der Waals surface area contributed by atoms with Gasteiger partial charge < -0.3 is 15.4 Å². The molecule has 0 unspecified atom stereocenters. The second-order valence-corrected chi connectivity index (χ2v) is 8.33. The number of halogens is 1. The van der Waals surface area contributed by atoms with Crippen molar-refractivity contribution in [3.8, 4) is 0 Å². The fraction of sp³-hybridized carbons (Fsp3) is 0.933. The van der Waals surface area contributed by atoms with Crippen LogP contribution in [0.15, 0.2) is 4.99 Å². The Hall–Kier alpha value is -0.0900. The molecule has 0 heterocycles. The van der Waals surface area contributed by atoms with Crippen LogP contribution in [0.5, 0.6) is 0 Å². The predicted octanol–water partition coefficient (Wildman–Crippen LogP) is 1.80. The molecule has 23 heavy (non-hydrogen) atoms. The second kappa shape index (κ2) is 11.5. The maximum Gasteiger partial charge on any atom is 0.191 e. The third-order valence-electron chi connectivity index (χ3n) is 4.22. The highest BCUT2D eigenvalue weighted by atomic mass is 127. The average molecular weight is 461 g/mol. The first-order valence-electron chi connectivity index (χ1n) is 8.18. The molecule has 8 heteroatoms. The minimum atomic E-state index is -2.94. The molecule has 0 amide bonds. The van der Waals surface area contributed by atoms with Gasteiger partial charge in [0.2, 0.25) is 0 Å². The molecule has 0 aromatic carbocycles. The first-order valence-corrected chi connectivity index (χ1v) is 10.2. The van der Waals surface area contributed by atoms with E-state index < -0.39 is 9.84 Å². The number of rotatable bonds is 10. The number of sulfone groups is 1. The minimum Gasteiger partial charge on any atom is -0.379 e. The summed E-state index contributed by atoms with van der Waals surface area (Å²) in [5.74, 6) is 0.883. The topological polar surface area (TPSA) is 79.8 Å². The molecule has 0 atom stereocenters. The van der Waals surface area contributed by atoms with Crippen molar-refractivity contribution in [2.24, 2.45) is 10.4 Å². The smallest absolute Gasteiger partial charge is 0.191 e. The average Bonchev–Trinajstić information content (AvgIpc) is 2.40. The van der Waals surface area contributed by atoms with Crippen LogP contribution in [0, 0.1) is 5.41 Å². The Labute approximate surface area is 158 Å². The maximum absolute atomic E-state index is 11.0. The Balaban J connectivity index is 0.00000484. The lowest BCUT2D eigenvalue weighted by Crippen LogP contribution is -2.41. The molecule has 0 aliphatic heterocycles. The number of nitrogens with one attached hydrogen (secondary N) is 2. The normalized spacial score (nSPS) is 17.1. The third kappa shape index (κ3) is 9.71. The van der Waals surface area contributed by atoms with Gasteiger partial charge >= 0.3 is 0 Å². The van der Waals surface area contributed by atoms with Crippen LogP contribution in [-0.2, 0) is 14.6 Å². The van der Waals surface area contributed by atoms with Crippen molar-refractivity contribution in [2.45, 2.75) is 39.5 Å². The lowest BCUT2D eigenvalue weighted by atomic mass is 9.67. The Kier molecular flexibility index (Phi) is 11.4. The SMILES string of the molecule is CCNC(=NCC1(CC)CCC1)NCCOCCS(C)(=O)=O.I. The molecule has 2 N–H and O–H groups in total. The highest BCUT2D eigenvalue weighted by molar-refractivity contribution is 14.0. The summed E-state index contributed by atoms with van der Waals surface area (Å²) in [6.07, 6.45) is 6.28. The molecule has 0 bridgehead atoms. The maximum atomic E-state index is 11.0. The van der Waals surface area contributed by atoms with Gasteiger partial charge in [-0.2, -0.15) is 0 Å². The molecule has 0 saturated heterocycles. The summed E-state index contributed by atoms with van der Waals surface area (Å²) in [5, 5.41) is 6.46. The van der Waals surface area contributed by atoms with E-state index in [2.05, 4.69) is 22.5 Å². The summed E-state index contributed by atoms with van der Waals surface area (Å²) in [6, 6.07) is 0. The van der Waals surface area contributed by atoms with Crippen molar-refractivity contribution in [1.82, 2.24) is 10.6 Å². The Morgan fingerprint density at radius 2 is 1.91 bits per heavy atom. The molecule has 0 aromatic heterocycles. The van der Waals surface area contributed by atoms with Gasteiger partial charge in [0.15, 0.2) is 5.96 Å². The second-order valence-electron chi connectivity index (χ2n) is 6.07. The standard InChI is InChI=1S/C15H31N3O3S.HI/c1-4-15(7-6-8-15)13-18-14(16-5-2)17-9-10-21-11-12-22(3,19)20;/h4-13H2,1-3H3,(H2,16,17,18);1H. The zero-order valence-corrected chi connectivity index (χ0v) is 17.7. The lowest BCUT2D eigenvalue weighted by molar-refractivity contribution is 0.139. The van der Waals surface area contributed by atoms with Gasteiger partial charge in [-0.1, -0.05) is 13.3 Å². The van der Waals surface area contributed by atoms with Crippen molar-refractivity contribution < 1.29 is 13.2 Å². The minimum absolute atomic E-state index is 0. The molecule has 1 saturated carbocycles. The molecular formula is C15H32IN3O3S. The van der Waals surface area contributed by atoms with E-state index >= 15 is 0 Å². The summed E-state index contributed by atoms with van der Waals surface area (Å²) in [4.78, 5) is 4.68. The number of guanidine groups is 1. The molecule has 0 radical (unpaired) electrons. The number of nitrogens with zero attached hydrogens (tertiary/aromatic N) is 1. The number of ether oxygens (including phenoxy) is 1. The third-order valence-corrected chi connectivity index (χ3v) is 5.13. The van der Waals surface area contributed by atoms with Gasteiger partial charge in [0.25, 0.3) is 0 Å². The van der Waals surface area contributed by atoms with Gasteiger partial charge in [0, 0.05) is 25.9 Å². The molecule has 1 fully saturated rings. The van der Waals surface area contributed by atoms with Gasteiger partial charge in [-0.25, -0.2) is 8.42 Å². The largest absolute Gasteiger partial charge is 0.379 e. The summed E-state index contributed by atoms with van der Waals surface area (Å²) in [5.41, 5.74) is 0.411. The van der Waals surface area contributed by atoms with Gasteiger partial charge in [0.05, 0.1) is 19.0 Å². The predicted molar refractivity (Wildman–Crippen MR) is 107 cm³/mol. The van der Waals surface area contributed by atoms with E-state index in [1.165, 1.54) is 31.9 Å². The molecule has 138 valence electrons. The highest BCUT2D eigenvalue weighted by Gasteiger charge is 2.34. The van der Waals surface area contributed by atoms with Crippen molar-refractivity contribution in [1.29, 1.82) is 0 Å². The fourth-order valence-electron chi connectivity index (χ4n) is 2.44. The van der Waals surface area contributed by atoms with E-state index in [9.17, 15) is 8.42 Å². The van der Waals surface area contributed by atoms with E-state index in [0.29, 0.717) is 18.6 Å². The molecule has 1 aliphatic carbocycles.